The molecule has 3 nitrogen and oxygen atoms in total. The van der Waals surface area contributed by atoms with Gasteiger partial charge in [0.1, 0.15) is 5.75 Å². The predicted octanol–water partition coefficient (Wildman–Crippen LogP) is 2.35. The van der Waals surface area contributed by atoms with E-state index in [1.54, 1.807) is 0 Å². The third-order valence-electron chi connectivity index (χ3n) is 2.95. The number of benzene rings is 1. The van der Waals surface area contributed by atoms with Crippen molar-refractivity contribution in [1.29, 1.82) is 0 Å². The summed E-state index contributed by atoms with van der Waals surface area (Å²) in [5.41, 5.74) is 1.31. The fourth-order valence-electron chi connectivity index (χ4n) is 2.05. The lowest BCUT2D eigenvalue weighted by molar-refractivity contribution is 0.242. The molecule has 4 heteroatoms. The standard InChI is InChI=1S/C14H22N2O.ClH/c1-11(2)17-14-5-3-12(4-6-14)9-16-13-7-8-15-10-13;/h3-6,11,13,15-16H,7-10H2,1-2H3;1H. The molecule has 0 saturated carbocycles. The van der Waals surface area contributed by atoms with Crippen LogP contribution in [-0.4, -0.2) is 25.2 Å². The summed E-state index contributed by atoms with van der Waals surface area (Å²) >= 11 is 0. The molecule has 2 N–H and O–H groups in total. The van der Waals surface area contributed by atoms with Gasteiger partial charge in [-0.15, -0.1) is 12.4 Å². The minimum Gasteiger partial charge on any atom is -0.491 e. The van der Waals surface area contributed by atoms with Gasteiger partial charge in [-0.2, -0.15) is 0 Å². The van der Waals surface area contributed by atoms with Gasteiger partial charge in [0.05, 0.1) is 6.10 Å². The van der Waals surface area contributed by atoms with Gasteiger partial charge in [0.25, 0.3) is 0 Å². The molecule has 0 aromatic heterocycles. The van der Waals surface area contributed by atoms with Gasteiger partial charge in [-0.05, 0) is 44.5 Å². The average Bonchev–Trinajstić information content (AvgIpc) is 2.80. The van der Waals surface area contributed by atoms with E-state index < -0.39 is 0 Å². The summed E-state index contributed by atoms with van der Waals surface area (Å²) in [5, 5.41) is 6.91. The van der Waals surface area contributed by atoms with E-state index in [0.717, 1.165) is 25.4 Å². The lowest BCUT2D eigenvalue weighted by atomic mass is 10.2. The molecule has 1 atom stereocenters. The number of rotatable bonds is 5. The normalized spacial score (nSPS) is 18.7. The lowest BCUT2D eigenvalue weighted by Gasteiger charge is -2.12. The highest BCUT2D eigenvalue weighted by Gasteiger charge is 2.12. The van der Waals surface area contributed by atoms with Gasteiger partial charge in [0.15, 0.2) is 0 Å². The summed E-state index contributed by atoms with van der Waals surface area (Å²) in [6.07, 6.45) is 1.47. The third-order valence-corrected chi connectivity index (χ3v) is 2.95. The number of halogens is 1. The smallest absolute Gasteiger partial charge is 0.119 e. The molecule has 1 saturated heterocycles. The molecule has 1 aliphatic rings. The van der Waals surface area contributed by atoms with E-state index in [4.69, 9.17) is 4.74 Å². The second kappa shape index (κ2) is 7.62. The van der Waals surface area contributed by atoms with Crippen LogP contribution in [0, 0.1) is 0 Å². The fraction of sp³-hybridized carbons (Fsp3) is 0.571. The predicted molar refractivity (Wildman–Crippen MR) is 77.6 cm³/mol. The SMILES string of the molecule is CC(C)Oc1ccc(CNC2CCNC2)cc1.Cl. The maximum atomic E-state index is 5.62. The van der Waals surface area contributed by atoms with E-state index in [1.807, 2.05) is 26.0 Å². The van der Waals surface area contributed by atoms with Crippen LogP contribution in [0.4, 0.5) is 0 Å². The number of hydrogen-bond acceptors (Lipinski definition) is 3. The molecule has 0 radical (unpaired) electrons. The Morgan fingerprint density at radius 3 is 2.61 bits per heavy atom. The van der Waals surface area contributed by atoms with Crippen molar-refractivity contribution >= 4 is 12.4 Å². The van der Waals surface area contributed by atoms with Crippen LogP contribution in [-0.2, 0) is 6.54 Å². The van der Waals surface area contributed by atoms with Crippen LogP contribution in [0.5, 0.6) is 5.75 Å². The molecule has 0 amide bonds. The van der Waals surface area contributed by atoms with Crippen LogP contribution < -0.4 is 15.4 Å². The summed E-state index contributed by atoms with van der Waals surface area (Å²) in [4.78, 5) is 0. The second-order valence-electron chi connectivity index (χ2n) is 4.88. The van der Waals surface area contributed by atoms with Crippen LogP contribution >= 0.6 is 12.4 Å². The molecule has 1 aromatic rings. The van der Waals surface area contributed by atoms with Crippen molar-refractivity contribution in [2.45, 2.75) is 39.0 Å². The van der Waals surface area contributed by atoms with Crippen molar-refractivity contribution in [3.8, 4) is 5.75 Å². The summed E-state index contributed by atoms with van der Waals surface area (Å²) in [5.74, 6) is 0.950. The van der Waals surface area contributed by atoms with Crippen molar-refractivity contribution in [3.63, 3.8) is 0 Å². The second-order valence-corrected chi connectivity index (χ2v) is 4.88. The molecule has 1 heterocycles. The van der Waals surface area contributed by atoms with Gasteiger partial charge in [0.2, 0.25) is 0 Å². The zero-order valence-electron chi connectivity index (χ0n) is 11.1. The molecular formula is C14H23ClN2O. The highest BCUT2D eigenvalue weighted by molar-refractivity contribution is 5.85. The van der Waals surface area contributed by atoms with Crippen LogP contribution in [0.3, 0.4) is 0 Å². The van der Waals surface area contributed by atoms with Crippen LogP contribution in [0.25, 0.3) is 0 Å². The third kappa shape index (κ3) is 4.84. The summed E-state index contributed by atoms with van der Waals surface area (Å²) in [6, 6.07) is 8.98. The quantitative estimate of drug-likeness (QED) is 0.862. The van der Waals surface area contributed by atoms with Crippen LogP contribution in [0.15, 0.2) is 24.3 Å². The van der Waals surface area contributed by atoms with Gasteiger partial charge in [0, 0.05) is 19.1 Å². The Morgan fingerprint density at radius 1 is 1.33 bits per heavy atom. The largest absolute Gasteiger partial charge is 0.491 e. The van der Waals surface area contributed by atoms with E-state index in [-0.39, 0.29) is 18.5 Å². The van der Waals surface area contributed by atoms with Gasteiger partial charge >= 0.3 is 0 Å². The maximum absolute atomic E-state index is 5.62. The Labute approximate surface area is 116 Å². The van der Waals surface area contributed by atoms with E-state index >= 15 is 0 Å². The van der Waals surface area contributed by atoms with Gasteiger partial charge in [-0.25, -0.2) is 0 Å². The van der Waals surface area contributed by atoms with Gasteiger partial charge < -0.3 is 15.4 Å². The van der Waals surface area contributed by atoms with Crippen molar-refractivity contribution in [2.75, 3.05) is 13.1 Å². The molecule has 1 unspecified atom stereocenters. The molecule has 1 aromatic carbocycles. The Kier molecular flexibility index (Phi) is 6.47. The number of ether oxygens (including phenoxy) is 1. The fourth-order valence-corrected chi connectivity index (χ4v) is 2.05. The highest BCUT2D eigenvalue weighted by Crippen LogP contribution is 2.14. The Hall–Kier alpha value is -0.770. The monoisotopic (exact) mass is 270 g/mol. The first-order valence-corrected chi connectivity index (χ1v) is 6.44. The van der Waals surface area contributed by atoms with Crippen molar-refractivity contribution in [3.05, 3.63) is 29.8 Å². The molecule has 0 spiro atoms. The molecule has 18 heavy (non-hydrogen) atoms. The highest BCUT2D eigenvalue weighted by atomic mass is 35.5. The van der Waals surface area contributed by atoms with Gasteiger partial charge in [-0.3, -0.25) is 0 Å². The van der Waals surface area contributed by atoms with E-state index in [1.165, 1.54) is 12.0 Å². The van der Waals surface area contributed by atoms with E-state index in [2.05, 4.69) is 22.8 Å². The number of hydrogen-bond donors (Lipinski definition) is 2. The molecular weight excluding hydrogens is 248 g/mol. The average molecular weight is 271 g/mol. The van der Waals surface area contributed by atoms with Crippen molar-refractivity contribution in [1.82, 2.24) is 10.6 Å². The molecule has 0 aliphatic carbocycles. The molecule has 2 rings (SSSR count). The first kappa shape index (κ1) is 15.3. The first-order valence-electron chi connectivity index (χ1n) is 6.44. The molecule has 1 fully saturated rings. The Bertz CT molecular complexity index is 334. The minimum absolute atomic E-state index is 0. The Morgan fingerprint density at radius 2 is 2.06 bits per heavy atom. The minimum atomic E-state index is 0. The van der Waals surface area contributed by atoms with Crippen molar-refractivity contribution < 1.29 is 4.74 Å². The summed E-state index contributed by atoms with van der Waals surface area (Å²) in [7, 11) is 0. The zero-order valence-corrected chi connectivity index (χ0v) is 11.9. The number of nitrogens with one attached hydrogen (secondary N) is 2. The molecule has 0 bridgehead atoms. The van der Waals surface area contributed by atoms with Gasteiger partial charge in [-0.1, -0.05) is 12.1 Å². The molecule has 102 valence electrons. The Balaban J connectivity index is 0.00000162. The van der Waals surface area contributed by atoms with Crippen LogP contribution in [0.1, 0.15) is 25.8 Å². The van der Waals surface area contributed by atoms with Crippen molar-refractivity contribution in [2.24, 2.45) is 0 Å². The van der Waals surface area contributed by atoms with E-state index in [9.17, 15) is 0 Å². The zero-order chi connectivity index (χ0) is 12.1. The maximum Gasteiger partial charge on any atom is 0.119 e. The van der Waals surface area contributed by atoms with Crippen LogP contribution in [0.2, 0.25) is 0 Å². The van der Waals surface area contributed by atoms with E-state index in [0.29, 0.717) is 6.04 Å². The summed E-state index contributed by atoms with van der Waals surface area (Å²) in [6.45, 7) is 7.26. The lowest BCUT2D eigenvalue weighted by Crippen LogP contribution is -2.30. The molecule has 1 aliphatic heterocycles. The first-order chi connectivity index (χ1) is 8.24. The summed E-state index contributed by atoms with van der Waals surface area (Å²) < 4.78 is 5.62. The topological polar surface area (TPSA) is 33.3 Å².